The number of unbranched alkanes of at least 4 members (excludes halogenated alkanes) is 6. The molecule has 0 aliphatic carbocycles. The van der Waals surface area contributed by atoms with Crippen molar-refractivity contribution in [3.8, 4) is 0 Å². The molecule has 0 saturated heterocycles. The first-order valence-corrected chi connectivity index (χ1v) is 16.3. The molecule has 0 heterocycles. The zero-order chi connectivity index (χ0) is 34.3. The molecule has 2 atom stereocenters. The first-order valence-electron chi connectivity index (χ1n) is 16.3. The normalized spacial score (nSPS) is 11.9. The molecule has 12 heteroatoms. The van der Waals surface area contributed by atoms with Crippen molar-refractivity contribution in [1.29, 1.82) is 0 Å². The number of hydrogen-bond donors (Lipinski definition) is 6. The first-order chi connectivity index (χ1) is 22.6. The van der Waals surface area contributed by atoms with Crippen LogP contribution in [0.4, 0.5) is 0 Å². The van der Waals surface area contributed by atoms with Crippen LogP contribution in [-0.2, 0) is 41.6 Å². The van der Waals surface area contributed by atoms with Crippen LogP contribution in [0.25, 0.3) is 0 Å². The summed E-state index contributed by atoms with van der Waals surface area (Å²) >= 11 is 0. The highest BCUT2D eigenvalue weighted by atomic mass is 16.4. The van der Waals surface area contributed by atoms with Gasteiger partial charge < -0.3 is 31.5 Å². The maximum atomic E-state index is 12.8. The van der Waals surface area contributed by atoms with Gasteiger partial charge in [0, 0.05) is 38.8 Å². The van der Waals surface area contributed by atoms with Crippen LogP contribution in [0.3, 0.4) is 0 Å². The molecular formula is C35H48N4O8. The molecule has 2 aromatic carbocycles. The van der Waals surface area contributed by atoms with Gasteiger partial charge in [-0.25, -0.2) is 0 Å². The Labute approximate surface area is 276 Å². The standard InChI is InChI=1S/C35H48N4O8/c40-30(18-20-32(42)43)38-28(24-26-14-8-6-9-15-26)34(46)36-22-12-4-2-1-3-5-13-23-37-35(47)29(25-27-16-10-7-11-17-27)39-31(41)19-21-33(44)45/h6-11,14-17,28-29H,1-5,12-13,18-25H2,(H,36,46)(H,37,47)(H,38,40)(H,39,41)(H,42,43)(H,44,45)/t28-,29-/m0/s1. The number of carboxylic acid groups (broad SMARTS) is 2. The zero-order valence-electron chi connectivity index (χ0n) is 26.9. The molecule has 12 nitrogen and oxygen atoms in total. The largest absolute Gasteiger partial charge is 0.481 e. The lowest BCUT2D eigenvalue weighted by molar-refractivity contribution is -0.139. The molecule has 0 bridgehead atoms. The number of rotatable bonds is 24. The molecule has 0 saturated carbocycles. The van der Waals surface area contributed by atoms with Crippen LogP contribution >= 0.6 is 0 Å². The Balaban J connectivity index is 1.63. The van der Waals surface area contributed by atoms with E-state index in [9.17, 15) is 28.8 Å². The molecule has 0 aliphatic rings. The predicted molar refractivity (Wildman–Crippen MR) is 176 cm³/mol. The van der Waals surface area contributed by atoms with Gasteiger partial charge in [-0.2, -0.15) is 0 Å². The van der Waals surface area contributed by atoms with Crippen molar-refractivity contribution in [3.05, 3.63) is 71.8 Å². The van der Waals surface area contributed by atoms with E-state index in [1.807, 2.05) is 60.7 Å². The Hall–Kier alpha value is -4.74. The maximum absolute atomic E-state index is 12.8. The van der Waals surface area contributed by atoms with Gasteiger partial charge in [0.25, 0.3) is 0 Å². The van der Waals surface area contributed by atoms with Gasteiger partial charge in [0.05, 0.1) is 12.8 Å². The molecule has 47 heavy (non-hydrogen) atoms. The highest BCUT2D eigenvalue weighted by Crippen LogP contribution is 2.09. The molecule has 0 radical (unpaired) electrons. The summed E-state index contributed by atoms with van der Waals surface area (Å²) in [7, 11) is 0. The summed E-state index contributed by atoms with van der Waals surface area (Å²) in [6.07, 6.45) is 6.04. The van der Waals surface area contributed by atoms with Crippen LogP contribution in [-0.4, -0.2) is 71.0 Å². The third-order valence-electron chi connectivity index (χ3n) is 7.45. The Kier molecular flexibility index (Phi) is 18.6. The van der Waals surface area contributed by atoms with E-state index in [1.54, 1.807) is 0 Å². The van der Waals surface area contributed by atoms with E-state index >= 15 is 0 Å². The number of carboxylic acids is 2. The highest BCUT2D eigenvalue weighted by molar-refractivity contribution is 5.89. The molecule has 6 N–H and O–H groups in total. The van der Waals surface area contributed by atoms with Gasteiger partial charge in [-0.05, 0) is 24.0 Å². The summed E-state index contributed by atoms with van der Waals surface area (Å²) in [5, 5.41) is 28.8. The van der Waals surface area contributed by atoms with Gasteiger partial charge in [0.15, 0.2) is 0 Å². The van der Waals surface area contributed by atoms with E-state index in [0.29, 0.717) is 25.9 Å². The van der Waals surface area contributed by atoms with Gasteiger partial charge in [-0.15, -0.1) is 0 Å². The maximum Gasteiger partial charge on any atom is 0.303 e. The minimum Gasteiger partial charge on any atom is -0.481 e. The average Bonchev–Trinajstić information content (AvgIpc) is 3.05. The Bertz CT molecular complexity index is 1180. The van der Waals surface area contributed by atoms with Crippen LogP contribution in [0.5, 0.6) is 0 Å². The monoisotopic (exact) mass is 652 g/mol. The summed E-state index contributed by atoms with van der Waals surface area (Å²) in [5.74, 6) is -3.70. The number of amides is 4. The minimum absolute atomic E-state index is 0.191. The number of carbonyl (C=O) groups excluding carboxylic acids is 4. The second-order valence-corrected chi connectivity index (χ2v) is 11.5. The van der Waals surface area contributed by atoms with Crippen LogP contribution in [0, 0.1) is 0 Å². The van der Waals surface area contributed by atoms with Crippen LogP contribution < -0.4 is 21.3 Å². The van der Waals surface area contributed by atoms with Crippen molar-refractivity contribution in [3.63, 3.8) is 0 Å². The van der Waals surface area contributed by atoms with Crippen molar-refractivity contribution >= 4 is 35.6 Å². The number of benzene rings is 2. The van der Waals surface area contributed by atoms with Crippen LogP contribution in [0.15, 0.2) is 60.7 Å². The predicted octanol–water partition coefficient (Wildman–Crippen LogP) is 3.13. The summed E-state index contributed by atoms with van der Waals surface area (Å²) in [6.45, 7) is 0.941. The molecule has 4 amide bonds. The average molecular weight is 653 g/mol. The number of nitrogens with one attached hydrogen (secondary N) is 4. The lowest BCUT2D eigenvalue weighted by Crippen LogP contribution is -2.48. The van der Waals surface area contributed by atoms with Crippen molar-refractivity contribution in [1.82, 2.24) is 21.3 Å². The molecule has 2 rings (SSSR count). The van der Waals surface area contributed by atoms with Crippen molar-refractivity contribution in [2.24, 2.45) is 0 Å². The molecule has 256 valence electrons. The zero-order valence-corrected chi connectivity index (χ0v) is 26.9. The van der Waals surface area contributed by atoms with Crippen LogP contribution in [0.1, 0.15) is 81.8 Å². The molecule has 0 aliphatic heterocycles. The lowest BCUT2D eigenvalue weighted by Gasteiger charge is -2.19. The van der Waals surface area contributed by atoms with E-state index in [0.717, 1.165) is 56.1 Å². The van der Waals surface area contributed by atoms with E-state index < -0.39 is 35.8 Å². The van der Waals surface area contributed by atoms with Crippen molar-refractivity contribution in [2.75, 3.05) is 13.1 Å². The first kappa shape index (κ1) is 38.4. The quantitative estimate of drug-likeness (QED) is 0.0932. The van der Waals surface area contributed by atoms with Crippen molar-refractivity contribution in [2.45, 2.75) is 95.6 Å². The minimum atomic E-state index is -1.07. The molecule has 0 unspecified atom stereocenters. The van der Waals surface area contributed by atoms with Gasteiger partial charge in [-0.1, -0.05) is 92.8 Å². The smallest absolute Gasteiger partial charge is 0.303 e. The summed E-state index contributed by atoms with van der Waals surface area (Å²) in [5.41, 5.74) is 1.77. The number of carbonyl (C=O) groups is 6. The third-order valence-corrected chi connectivity index (χ3v) is 7.45. The summed E-state index contributed by atoms with van der Waals surface area (Å²) < 4.78 is 0. The SMILES string of the molecule is O=C(O)CCC(=O)N[C@@H](Cc1ccccc1)C(=O)NCCCCCCCCCNC(=O)[C@H](Cc1ccccc1)NC(=O)CCC(=O)O. The third kappa shape index (κ3) is 18.1. The van der Waals surface area contributed by atoms with E-state index in [4.69, 9.17) is 10.2 Å². The van der Waals surface area contributed by atoms with Crippen LogP contribution in [0.2, 0.25) is 0 Å². The molecule has 2 aromatic rings. The fourth-order valence-corrected chi connectivity index (χ4v) is 4.90. The molecular weight excluding hydrogens is 604 g/mol. The van der Waals surface area contributed by atoms with Gasteiger partial charge in [0.1, 0.15) is 12.1 Å². The van der Waals surface area contributed by atoms with Gasteiger partial charge >= 0.3 is 11.9 Å². The lowest BCUT2D eigenvalue weighted by atomic mass is 10.0. The van der Waals surface area contributed by atoms with Crippen molar-refractivity contribution < 1.29 is 39.0 Å². The molecule has 0 aromatic heterocycles. The molecule has 0 fully saturated rings. The highest BCUT2D eigenvalue weighted by Gasteiger charge is 2.22. The van der Waals surface area contributed by atoms with E-state index in [2.05, 4.69) is 21.3 Å². The Morgan fingerprint density at radius 2 is 0.830 bits per heavy atom. The summed E-state index contributed by atoms with van der Waals surface area (Å²) in [6, 6.07) is 17.0. The Morgan fingerprint density at radius 1 is 0.489 bits per heavy atom. The second-order valence-electron chi connectivity index (χ2n) is 11.5. The fraction of sp³-hybridized carbons (Fsp3) is 0.486. The molecule has 0 spiro atoms. The fourth-order valence-electron chi connectivity index (χ4n) is 4.90. The van der Waals surface area contributed by atoms with Gasteiger partial charge in [-0.3, -0.25) is 28.8 Å². The second kappa shape index (κ2) is 22.7. The van der Waals surface area contributed by atoms with E-state index in [1.165, 1.54) is 0 Å². The Morgan fingerprint density at radius 3 is 1.17 bits per heavy atom. The topological polar surface area (TPSA) is 191 Å². The summed E-state index contributed by atoms with van der Waals surface area (Å²) in [4.78, 5) is 71.6. The number of hydrogen-bond acceptors (Lipinski definition) is 6. The number of aliphatic carboxylic acids is 2. The van der Waals surface area contributed by atoms with Gasteiger partial charge in [0.2, 0.25) is 23.6 Å². The van der Waals surface area contributed by atoms with E-state index in [-0.39, 0.29) is 37.5 Å².